The summed E-state index contributed by atoms with van der Waals surface area (Å²) in [4.78, 5) is 14.4. The summed E-state index contributed by atoms with van der Waals surface area (Å²) in [6.07, 6.45) is 1.77. The summed E-state index contributed by atoms with van der Waals surface area (Å²) in [5, 5.41) is 2.67. The second kappa shape index (κ2) is 6.63. The third-order valence-corrected chi connectivity index (χ3v) is 4.58. The molecule has 2 aromatic rings. The number of carbonyl (C=O) groups excluding carboxylic acids is 1. The molecule has 130 valence electrons. The highest BCUT2D eigenvalue weighted by atomic mass is 19.1. The molecule has 2 aliphatic rings. The minimum Gasteiger partial charge on any atom is -0.486 e. The van der Waals surface area contributed by atoms with Gasteiger partial charge in [-0.2, -0.15) is 0 Å². The monoisotopic (exact) mass is 342 g/mol. The van der Waals surface area contributed by atoms with E-state index in [0.717, 1.165) is 24.2 Å². The van der Waals surface area contributed by atoms with Gasteiger partial charge in [0.25, 0.3) is 0 Å². The number of fused-ring (bicyclic) bond motifs is 1. The molecule has 2 aliphatic heterocycles. The fourth-order valence-corrected chi connectivity index (χ4v) is 3.37. The van der Waals surface area contributed by atoms with E-state index in [4.69, 9.17) is 9.47 Å². The lowest BCUT2D eigenvalue weighted by atomic mass is 10.0. The van der Waals surface area contributed by atoms with Crippen molar-refractivity contribution in [3.63, 3.8) is 0 Å². The first kappa shape index (κ1) is 15.7. The lowest BCUT2D eigenvalue weighted by Crippen LogP contribution is -2.34. The van der Waals surface area contributed by atoms with Crippen molar-refractivity contribution >= 4 is 11.7 Å². The van der Waals surface area contributed by atoms with Crippen LogP contribution in [0.4, 0.5) is 14.9 Å². The molecule has 1 fully saturated rings. The Hall–Kier alpha value is -2.76. The van der Waals surface area contributed by atoms with Gasteiger partial charge in [0.2, 0.25) is 0 Å². The molecule has 25 heavy (non-hydrogen) atoms. The first-order valence-corrected chi connectivity index (χ1v) is 8.44. The van der Waals surface area contributed by atoms with Gasteiger partial charge in [-0.15, -0.1) is 0 Å². The van der Waals surface area contributed by atoms with Gasteiger partial charge in [0.05, 0.1) is 11.7 Å². The highest BCUT2D eigenvalue weighted by Gasteiger charge is 2.31. The number of para-hydroxylation sites is 1. The van der Waals surface area contributed by atoms with Crippen molar-refractivity contribution in [2.45, 2.75) is 18.9 Å². The van der Waals surface area contributed by atoms with Crippen molar-refractivity contribution in [3.8, 4) is 11.5 Å². The average molecular weight is 342 g/mol. The van der Waals surface area contributed by atoms with Gasteiger partial charge in [0.1, 0.15) is 19.0 Å². The van der Waals surface area contributed by atoms with E-state index in [-0.39, 0.29) is 17.8 Å². The van der Waals surface area contributed by atoms with Crippen LogP contribution >= 0.6 is 0 Å². The van der Waals surface area contributed by atoms with Crippen LogP contribution in [-0.2, 0) is 0 Å². The highest BCUT2D eigenvalue weighted by molar-refractivity contribution is 5.90. The number of rotatable bonds is 2. The van der Waals surface area contributed by atoms with E-state index >= 15 is 0 Å². The molecule has 6 heteroatoms. The Morgan fingerprint density at radius 1 is 1.12 bits per heavy atom. The number of ether oxygens (including phenoxy) is 2. The zero-order valence-corrected chi connectivity index (χ0v) is 13.7. The predicted molar refractivity (Wildman–Crippen MR) is 91.5 cm³/mol. The first-order valence-electron chi connectivity index (χ1n) is 8.44. The Morgan fingerprint density at radius 2 is 1.92 bits per heavy atom. The molecule has 2 heterocycles. The molecule has 0 spiro atoms. The molecule has 2 amide bonds. The fraction of sp³-hybridized carbons (Fsp3) is 0.316. The van der Waals surface area contributed by atoms with E-state index in [1.54, 1.807) is 23.1 Å². The summed E-state index contributed by atoms with van der Waals surface area (Å²) in [6.45, 7) is 1.71. The van der Waals surface area contributed by atoms with Crippen molar-refractivity contribution in [2.24, 2.45) is 0 Å². The lowest BCUT2D eigenvalue weighted by molar-refractivity contribution is 0.170. The minimum atomic E-state index is -0.439. The number of nitrogens with zero attached hydrogens (tertiary/aromatic N) is 1. The molecule has 0 bridgehead atoms. The number of nitrogens with one attached hydrogen (secondary N) is 1. The Morgan fingerprint density at radius 3 is 2.76 bits per heavy atom. The van der Waals surface area contributed by atoms with E-state index in [2.05, 4.69) is 5.32 Å². The van der Waals surface area contributed by atoms with Gasteiger partial charge in [0.15, 0.2) is 11.5 Å². The number of benzene rings is 2. The zero-order chi connectivity index (χ0) is 17.2. The van der Waals surface area contributed by atoms with E-state index < -0.39 is 5.82 Å². The number of hydrogen-bond donors (Lipinski definition) is 1. The quantitative estimate of drug-likeness (QED) is 0.898. The van der Waals surface area contributed by atoms with E-state index in [9.17, 15) is 9.18 Å². The van der Waals surface area contributed by atoms with Crippen LogP contribution in [0.1, 0.15) is 24.4 Å². The Kier molecular flexibility index (Phi) is 4.17. The largest absolute Gasteiger partial charge is 0.486 e. The third-order valence-electron chi connectivity index (χ3n) is 4.58. The third kappa shape index (κ3) is 3.12. The molecule has 5 nitrogen and oxygen atoms in total. The second-order valence-electron chi connectivity index (χ2n) is 6.16. The van der Waals surface area contributed by atoms with Crippen LogP contribution in [0.3, 0.4) is 0 Å². The Balaban J connectivity index is 1.54. The molecule has 4 rings (SSSR count). The molecular weight excluding hydrogens is 323 g/mol. The maximum Gasteiger partial charge on any atom is 0.322 e. The summed E-state index contributed by atoms with van der Waals surface area (Å²) < 4.78 is 25.0. The van der Waals surface area contributed by atoms with Crippen LogP contribution in [0, 0.1) is 5.82 Å². The fourth-order valence-electron chi connectivity index (χ4n) is 3.37. The normalized spacial score (nSPS) is 18.9. The summed E-state index contributed by atoms with van der Waals surface area (Å²) in [5.41, 5.74) is 1.20. The van der Waals surface area contributed by atoms with Gasteiger partial charge < -0.3 is 19.7 Å². The van der Waals surface area contributed by atoms with E-state index in [1.807, 2.05) is 18.2 Å². The first-order chi connectivity index (χ1) is 12.2. The standard InChI is InChI=1S/C19H19FN2O3/c20-14-4-1-2-5-15(14)21-19(23)22-9-3-6-16(22)13-7-8-17-18(12-13)25-11-10-24-17/h1-2,4-5,7-8,12,16H,3,6,9-11H2,(H,21,23). The van der Waals surface area contributed by atoms with Gasteiger partial charge in [-0.1, -0.05) is 18.2 Å². The van der Waals surface area contributed by atoms with Crippen LogP contribution in [0.25, 0.3) is 0 Å². The molecule has 1 saturated heterocycles. The number of halogens is 1. The Bertz CT molecular complexity index is 796. The molecular formula is C19H19FN2O3. The maximum atomic E-state index is 13.8. The van der Waals surface area contributed by atoms with Gasteiger partial charge in [-0.3, -0.25) is 0 Å². The van der Waals surface area contributed by atoms with Crippen molar-refractivity contribution in [2.75, 3.05) is 25.1 Å². The van der Waals surface area contributed by atoms with Gasteiger partial charge in [-0.05, 0) is 42.7 Å². The summed E-state index contributed by atoms with van der Waals surface area (Å²) >= 11 is 0. The number of amides is 2. The number of carbonyl (C=O) groups is 1. The summed E-state index contributed by atoms with van der Waals surface area (Å²) in [6, 6.07) is 11.6. The number of hydrogen-bond acceptors (Lipinski definition) is 3. The molecule has 2 aromatic carbocycles. The van der Waals surface area contributed by atoms with Crippen molar-refractivity contribution in [1.82, 2.24) is 4.90 Å². The molecule has 0 radical (unpaired) electrons. The molecule has 1 N–H and O–H groups in total. The second-order valence-corrected chi connectivity index (χ2v) is 6.16. The minimum absolute atomic E-state index is 0.0531. The Labute approximate surface area is 145 Å². The lowest BCUT2D eigenvalue weighted by Gasteiger charge is -2.27. The van der Waals surface area contributed by atoms with Crippen LogP contribution in [-0.4, -0.2) is 30.7 Å². The number of urea groups is 1. The molecule has 1 unspecified atom stereocenters. The highest BCUT2D eigenvalue weighted by Crippen LogP contribution is 2.38. The molecule has 0 aliphatic carbocycles. The SMILES string of the molecule is O=C(Nc1ccccc1F)N1CCCC1c1ccc2c(c1)OCCO2. The average Bonchev–Trinajstić information content (AvgIpc) is 3.13. The van der Waals surface area contributed by atoms with E-state index in [0.29, 0.717) is 25.5 Å². The topological polar surface area (TPSA) is 50.8 Å². The maximum absolute atomic E-state index is 13.8. The van der Waals surface area contributed by atoms with Crippen LogP contribution < -0.4 is 14.8 Å². The van der Waals surface area contributed by atoms with Gasteiger partial charge >= 0.3 is 6.03 Å². The molecule has 1 atom stereocenters. The zero-order valence-electron chi connectivity index (χ0n) is 13.7. The number of likely N-dealkylation sites (tertiary alicyclic amines) is 1. The van der Waals surface area contributed by atoms with Crippen molar-refractivity contribution in [1.29, 1.82) is 0 Å². The smallest absolute Gasteiger partial charge is 0.322 e. The van der Waals surface area contributed by atoms with Crippen molar-refractivity contribution in [3.05, 3.63) is 53.8 Å². The van der Waals surface area contributed by atoms with Gasteiger partial charge in [-0.25, -0.2) is 9.18 Å². The van der Waals surface area contributed by atoms with E-state index in [1.165, 1.54) is 6.07 Å². The molecule has 0 saturated carbocycles. The van der Waals surface area contributed by atoms with Gasteiger partial charge in [0, 0.05) is 6.54 Å². The van der Waals surface area contributed by atoms with Crippen molar-refractivity contribution < 1.29 is 18.7 Å². The van der Waals surface area contributed by atoms with Crippen LogP contribution in [0.2, 0.25) is 0 Å². The molecule has 0 aromatic heterocycles. The summed E-state index contributed by atoms with van der Waals surface area (Å²) in [5.74, 6) is 1.01. The van der Waals surface area contributed by atoms with Crippen LogP contribution in [0.15, 0.2) is 42.5 Å². The summed E-state index contributed by atoms with van der Waals surface area (Å²) in [7, 11) is 0. The number of anilines is 1. The van der Waals surface area contributed by atoms with Crippen LogP contribution in [0.5, 0.6) is 11.5 Å². The predicted octanol–water partition coefficient (Wildman–Crippen LogP) is 3.97.